The van der Waals surface area contributed by atoms with Gasteiger partial charge in [0.1, 0.15) is 6.29 Å². The Morgan fingerprint density at radius 1 is 1.44 bits per heavy atom. The van der Waals surface area contributed by atoms with E-state index >= 15 is 0 Å². The SMILES string of the molecule is CCC(C=O)C(C)(C)C. The fourth-order valence-corrected chi connectivity index (χ4v) is 0.913. The Hall–Kier alpha value is -0.330. The largest absolute Gasteiger partial charge is 0.303 e. The Labute approximate surface area is 57.5 Å². The van der Waals surface area contributed by atoms with Gasteiger partial charge in [-0.05, 0) is 11.8 Å². The first kappa shape index (κ1) is 8.67. The molecular weight excluding hydrogens is 112 g/mol. The Morgan fingerprint density at radius 3 is 1.89 bits per heavy atom. The van der Waals surface area contributed by atoms with Gasteiger partial charge in [0.15, 0.2) is 0 Å². The van der Waals surface area contributed by atoms with Gasteiger partial charge in [-0.3, -0.25) is 0 Å². The third kappa shape index (κ3) is 2.64. The maximum atomic E-state index is 10.4. The third-order valence-electron chi connectivity index (χ3n) is 1.72. The van der Waals surface area contributed by atoms with Crippen molar-refractivity contribution in [1.29, 1.82) is 0 Å². The number of hydrogen-bond donors (Lipinski definition) is 0. The Balaban J connectivity index is 3.94. The van der Waals surface area contributed by atoms with E-state index in [1.807, 2.05) is 6.92 Å². The molecule has 0 saturated heterocycles. The fourth-order valence-electron chi connectivity index (χ4n) is 0.913. The standard InChI is InChI=1S/C8H16O/c1-5-7(6-9)8(2,3)4/h6-7H,5H2,1-4H3. The summed E-state index contributed by atoms with van der Waals surface area (Å²) in [5, 5.41) is 0. The molecule has 0 aromatic rings. The molecule has 0 N–H and O–H groups in total. The molecule has 0 aliphatic carbocycles. The van der Waals surface area contributed by atoms with Crippen molar-refractivity contribution < 1.29 is 4.79 Å². The number of aldehydes is 1. The number of rotatable bonds is 2. The second-order valence-corrected chi connectivity index (χ2v) is 3.52. The zero-order valence-electron chi connectivity index (χ0n) is 6.77. The predicted molar refractivity (Wildman–Crippen MR) is 39.3 cm³/mol. The molecule has 0 heterocycles. The van der Waals surface area contributed by atoms with Crippen LogP contribution >= 0.6 is 0 Å². The van der Waals surface area contributed by atoms with E-state index in [2.05, 4.69) is 20.8 Å². The number of carbonyl (C=O) groups is 1. The van der Waals surface area contributed by atoms with Gasteiger partial charge >= 0.3 is 0 Å². The molecule has 1 heteroatoms. The molecule has 0 saturated carbocycles. The first-order chi connectivity index (χ1) is 4.02. The second kappa shape index (κ2) is 3.00. The van der Waals surface area contributed by atoms with E-state index < -0.39 is 0 Å². The normalized spacial score (nSPS) is 15.1. The first-order valence-corrected chi connectivity index (χ1v) is 3.47. The van der Waals surface area contributed by atoms with Gasteiger partial charge in [-0.2, -0.15) is 0 Å². The molecule has 0 spiro atoms. The zero-order chi connectivity index (χ0) is 7.49. The summed E-state index contributed by atoms with van der Waals surface area (Å²) in [6.45, 7) is 8.32. The molecule has 0 aromatic heterocycles. The van der Waals surface area contributed by atoms with Crippen LogP contribution in [0.1, 0.15) is 34.1 Å². The topological polar surface area (TPSA) is 17.1 Å². The predicted octanol–water partition coefficient (Wildman–Crippen LogP) is 2.26. The van der Waals surface area contributed by atoms with Gasteiger partial charge < -0.3 is 4.79 Å². The number of hydrogen-bond acceptors (Lipinski definition) is 1. The summed E-state index contributed by atoms with van der Waals surface area (Å²) >= 11 is 0. The van der Waals surface area contributed by atoms with E-state index in [0.717, 1.165) is 12.7 Å². The minimum absolute atomic E-state index is 0.149. The lowest BCUT2D eigenvalue weighted by Crippen LogP contribution is -2.20. The molecular formula is C8H16O. The lowest BCUT2D eigenvalue weighted by molar-refractivity contribution is -0.113. The molecule has 0 aromatic carbocycles. The Kier molecular flexibility index (Phi) is 2.89. The van der Waals surface area contributed by atoms with Crippen molar-refractivity contribution in [3.63, 3.8) is 0 Å². The van der Waals surface area contributed by atoms with Crippen LogP contribution in [0.2, 0.25) is 0 Å². The average Bonchev–Trinajstić information content (AvgIpc) is 1.65. The van der Waals surface area contributed by atoms with Crippen molar-refractivity contribution in [1.82, 2.24) is 0 Å². The van der Waals surface area contributed by atoms with Crippen LogP contribution in [-0.4, -0.2) is 6.29 Å². The smallest absolute Gasteiger partial charge is 0.123 e. The lowest BCUT2D eigenvalue weighted by atomic mass is 9.80. The van der Waals surface area contributed by atoms with Gasteiger partial charge in [0.25, 0.3) is 0 Å². The van der Waals surface area contributed by atoms with Crippen LogP contribution in [0.5, 0.6) is 0 Å². The van der Waals surface area contributed by atoms with Crippen molar-refractivity contribution in [2.45, 2.75) is 34.1 Å². The van der Waals surface area contributed by atoms with Crippen LogP contribution in [0.3, 0.4) is 0 Å². The maximum Gasteiger partial charge on any atom is 0.123 e. The van der Waals surface area contributed by atoms with Gasteiger partial charge in [-0.1, -0.05) is 27.7 Å². The van der Waals surface area contributed by atoms with Crippen molar-refractivity contribution in [3.8, 4) is 0 Å². The van der Waals surface area contributed by atoms with Crippen molar-refractivity contribution in [3.05, 3.63) is 0 Å². The van der Waals surface area contributed by atoms with Crippen LogP contribution < -0.4 is 0 Å². The van der Waals surface area contributed by atoms with E-state index in [1.165, 1.54) is 0 Å². The van der Waals surface area contributed by atoms with Crippen LogP contribution in [0.4, 0.5) is 0 Å². The summed E-state index contributed by atoms with van der Waals surface area (Å²) in [4.78, 5) is 10.4. The molecule has 0 amide bonds. The average molecular weight is 128 g/mol. The summed E-state index contributed by atoms with van der Waals surface area (Å²) in [5.74, 6) is 0.220. The summed E-state index contributed by atoms with van der Waals surface area (Å²) in [6.07, 6.45) is 2.01. The third-order valence-corrected chi connectivity index (χ3v) is 1.72. The lowest BCUT2D eigenvalue weighted by Gasteiger charge is -2.24. The maximum absolute atomic E-state index is 10.4. The molecule has 0 rings (SSSR count). The van der Waals surface area contributed by atoms with E-state index in [0.29, 0.717) is 0 Å². The second-order valence-electron chi connectivity index (χ2n) is 3.52. The van der Waals surface area contributed by atoms with Crippen molar-refractivity contribution in [2.75, 3.05) is 0 Å². The fraction of sp³-hybridized carbons (Fsp3) is 0.875. The molecule has 1 atom stereocenters. The molecule has 0 bridgehead atoms. The number of carbonyl (C=O) groups excluding carboxylic acids is 1. The molecule has 9 heavy (non-hydrogen) atoms. The van der Waals surface area contributed by atoms with E-state index in [1.54, 1.807) is 0 Å². The molecule has 0 fully saturated rings. The monoisotopic (exact) mass is 128 g/mol. The highest BCUT2D eigenvalue weighted by atomic mass is 16.1. The van der Waals surface area contributed by atoms with Crippen LogP contribution in [0, 0.1) is 11.3 Å². The molecule has 1 nitrogen and oxygen atoms in total. The van der Waals surface area contributed by atoms with Gasteiger partial charge in [-0.15, -0.1) is 0 Å². The van der Waals surface area contributed by atoms with E-state index in [-0.39, 0.29) is 11.3 Å². The quantitative estimate of drug-likeness (QED) is 0.521. The highest BCUT2D eigenvalue weighted by Crippen LogP contribution is 2.26. The molecule has 0 aliphatic heterocycles. The zero-order valence-corrected chi connectivity index (χ0v) is 6.77. The highest BCUT2D eigenvalue weighted by Gasteiger charge is 2.21. The minimum atomic E-state index is 0.149. The highest BCUT2D eigenvalue weighted by molar-refractivity contribution is 5.54. The molecule has 1 unspecified atom stereocenters. The first-order valence-electron chi connectivity index (χ1n) is 3.47. The Bertz CT molecular complexity index is 89.2. The van der Waals surface area contributed by atoms with Gasteiger partial charge in [0, 0.05) is 5.92 Å². The summed E-state index contributed by atoms with van der Waals surface area (Å²) < 4.78 is 0. The van der Waals surface area contributed by atoms with Crippen molar-refractivity contribution in [2.24, 2.45) is 11.3 Å². The van der Waals surface area contributed by atoms with Gasteiger partial charge in [-0.25, -0.2) is 0 Å². The van der Waals surface area contributed by atoms with Crippen LogP contribution in [0.15, 0.2) is 0 Å². The van der Waals surface area contributed by atoms with Crippen LogP contribution in [-0.2, 0) is 4.79 Å². The molecule has 0 radical (unpaired) electrons. The Morgan fingerprint density at radius 2 is 1.89 bits per heavy atom. The summed E-state index contributed by atoms with van der Waals surface area (Å²) in [6, 6.07) is 0. The van der Waals surface area contributed by atoms with Crippen LogP contribution in [0.25, 0.3) is 0 Å². The summed E-state index contributed by atoms with van der Waals surface area (Å²) in [5.41, 5.74) is 0.149. The molecule has 0 aliphatic rings. The van der Waals surface area contributed by atoms with Gasteiger partial charge in [0.2, 0.25) is 0 Å². The van der Waals surface area contributed by atoms with Crippen molar-refractivity contribution >= 4 is 6.29 Å². The minimum Gasteiger partial charge on any atom is -0.303 e. The summed E-state index contributed by atoms with van der Waals surface area (Å²) in [7, 11) is 0. The van der Waals surface area contributed by atoms with E-state index in [4.69, 9.17) is 0 Å². The van der Waals surface area contributed by atoms with E-state index in [9.17, 15) is 4.79 Å². The molecule has 54 valence electrons. The van der Waals surface area contributed by atoms with Gasteiger partial charge in [0.05, 0.1) is 0 Å².